The van der Waals surface area contributed by atoms with Gasteiger partial charge in [0.1, 0.15) is 6.26 Å². The van der Waals surface area contributed by atoms with Crippen molar-refractivity contribution in [2.45, 2.75) is 6.92 Å². The third-order valence-electron chi connectivity index (χ3n) is 3.38. The second-order valence-electron chi connectivity index (χ2n) is 5.21. The number of benzene rings is 2. The van der Waals surface area contributed by atoms with E-state index in [0.29, 0.717) is 16.9 Å². The Morgan fingerprint density at radius 3 is 2.38 bits per heavy atom. The normalized spacial score (nSPS) is 10.2. The van der Waals surface area contributed by atoms with Gasteiger partial charge < -0.3 is 15.2 Å². The summed E-state index contributed by atoms with van der Waals surface area (Å²) in [6.07, 6.45) is 1.32. The van der Waals surface area contributed by atoms with Gasteiger partial charge in [-0.3, -0.25) is 9.59 Å². The maximum absolute atomic E-state index is 12.3. The molecule has 0 bridgehead atoms. The second-order valence-corrected chi connectivity index (χ2v) is 5.21. The van der Waals surface area contributed by atoms with Crippen LogP contribution in [0.15, 0.2) is 65.4 Å². The number of carbonyl (C=O) groups is 2. The molecule has 0 spiro atoms. The summed E-state index contributed by atoms with van der Waals surface area (Å²) in [4.78, 5) is 24.5. The van der Waals surface area contributed by atoms with E-state index in [9.17, 15) is 9.59 Å². The second kappa shape index (κ2) is 6.78. The molecule has 0 unspecified atom stereocenters. The first-order valence-electron chi connectivity index (χ1n) is 7.32. The zero-order valence-electron chi connectivity index (χ0n) is 12.9. The Balaban J connectivity index is 1.83. The molecule has 6 nitrogen and oxygen atoms in total. The summed E-state index contributed by atoms with van der Waals surface area (Å²) < 4.78 is 4.67. The number of nitrogens with one attached hydrogen (secondary N) is 2. The van der Waals surface area contributed by atoms with E-state index >= 15 is 0 Å². The molecule has 6 heteroatoms. The minimum Gasteiger partial charge on any atom is -0.364 e. The van der Waals surface area contributed by atoms with Crippen LogP contribution in [0.1, 0.15) is 26.4 Å². The molecule has 3 aromatic rings. The van der Waals surface area contributed by atoms with E-state index in [2.05, 4.69) is 20.3 Å². The quantitative estimate of drug-likeness (QED) is 0.770. The Hall–Kier alpha value is -3.41. The largest absolute Gasteiger partial charge is 0.364 e. The Morgan fingerprint density at radius 1 is 0.917 bits per heavy atom. The van der Waals surface area contributed by atoms with Crippen LogP contribution in [0.3, 0.4) is 0 Å². The molecule has 1 heterocycles. The fourth-order valence-electron chi connectivity index (χ4n) is 2.17. The Morgan fingerprint density at radius 2 is 1.67 bits per heavy atom. The third-order valence-corrected chi connectivity index (χ3v) is 3.38. The van der Waals surface area contributed by atoms with E-state index in [1.807, 2.05) is 19.1 Å². The molecule has 0 aliphatic carbocycles. The summed E-state index contributed by atoms with van der Waals surface area (Å²) in [7, 11) is 0. The highest BCUT2D eigenvalue weighted by Gasteiger charge is 2.14. The Bertz CT molecular complexity index is 858. The maximum Gasteiger partial charge on any atom is 0.277 e. The number of anilines is 2. The molecule has 0 atom stereocenters. The summed E-state index contributed by atoms with van der Waals surface area (Å²) in [6.45, 7) is 1.90. The molecule has 0 radical (unpaired) electrons. The average Bonchev–Trinajstić information content (AvgIpc) is 3.13. The van der Waals surface area contributed by atoms with Crippen molar-refractivity contribution in [2.75, 3.05) is 10.6 Å². The minimum atomic E-state index is -0.412. The Kier molecular flexibility index (Phi) is 4.38. The number of rotatable bonds is 4. The summed E-state index contributed by atoms with van der Waals surface area (Å²) >= 11 is 0. The van der Waals surface area contributed by atoms with Crippen molar-refractivity contribution in [1.29, 1.82) is 0 Å². The number of nitrogens with zero attached hydrogens (tertiary/aromatic N) is 1. The van der Waals surface area contributed by atoms with Gasteiger partial charge in [0.2, 0.25) is 0 Å². The fourth-order valence-corrected chi connectivity index (χ4v) is 2.17. The number of amides is 2. The van der Waals surface area contributed by atoms with E-state index in [-0.39, 0.29) is 11.6 Å². The van der Waals surface area contributed by atoms with Crippen LogP contribution in [0.2, 0.25) is 0 Å². The van der Waals surface area contributed by atoms with Crippen LogP contribution in [0, 0.1) is 6.92 Å². The zero-order valence-corrected chi connectivity index (χ0v) is 12.9. The number of aryl methyl sites for hydroxylation is 1. The van der Waals surface area contributed by atoms with Gasteiger partial charge in [0, 0.05) is 11.6 Å². The first kappa shape index (κ1) is 15.5. The fraction of sp³-hybridized carbons (Fsp3) is 0.0556. The molecular formula is C18H15N3O3. The lowest BCUT2D eigenvalue weighted by atomic mass is 10.1. The van der Waals surface area contributed by atoms with Crippen molar-refractivity contribution >= 4 is 23.2 Å². The van der Waals surface area contributed by atoms with Crippen molar-refractivity contribution < 1.29 is 14.1 Å². The van der Waals surface area contributed by atoms with E-state index in [1.165, 1.54) is 12.3 Å². The van der Waals surface area contributed by atoms with Crippen LogP contribution < -0.4 is 10.6 Å². The summed E-state index contributed by atoms with van der Waals surface area (Å²) in [5.41, 5.74) is 2.64. The van der Waals surface area contributed by atoms with Gasteiger partial charge in [0.25, 0.3) is 11.8 Å². The van der Waals surface area contributed by atoms with Gasteiger partial charge in [-0.25, -0.2) is 0 Å². The van der Waals surface area contributed by atoms with Gasteiger partial charge in [-0.1, -0.05) is 29.4 Å². The van der Waals surface area contributed by atoms with Gasteiger partial charge in [-0.05, 0) is 36.8 Å². The predicted octanol–water partition coefficient (Wildman–Crippen LogP) is 3.49. The average molecular weight is 321 g/mol. The van der Waals surface area contributed by atoms with Crippen LogP contribution >= 0.6 is 0 Å². The van der Waals surface area contributed by atoms with Crippen molar-refractivity contribution in [1.82, 2.24) is 5.16 Å². The summed E-state index contributed by atoms with van der Waals surface area (Å²) in [5.74, 6) is -0.666. The molecule has 2 N–H and O–H groups in total. The Labute approximate surface area is 138 Å². The van der Waals surface area contributed by atoms with Gasteiger partial charge in [-0.15, -0.1) is 0 Å². The highest BCUT2D eigenvalue weighted by Crippen LogP contribution is 2.24. The van der Waals surface area contributed by atoms with Gasteiger partial charge in [0.05, 0.1) is 11.4 Å². The lowest BCUT2D eigenvalue weighted by Crippen LogP contribution is -2.17. The van der Waals surface area contributed by atoms with E-state index in [1.54, 1.807) is 36.4 Å². The monoisotopic (exact) mass is 321 g/mol. The molecule has 2 amide bonds. The molecule has 0 aliphatic heterocycles. The van der Waals surface area contributed by atoms with Crippen molar-refractivity contribution in [3.05, 3.63) is 77.7 Å². The predicted molar refractivity (Wildman–Crippen MR) is 90.0 cm³/mol. The van der Waals surface area contributed by atoms with Crippen LogP contribution in [0.25, 0.3) is 0 Å². The van der Waals surface area contributed by atoms with E-state index in [0.717, 1.165) is 5.56 Å². The molecule has 2 aromatic carbocycles. The van der Waals surface area contributed by atoms with Crippen LogP contribution in [0.4, 0.5) is 11.4 Å². The molecule has 3 rings (SSSR count). The van der Waals surface area contributed by atoms with Crippen LogP contribution in [0.5, 0.6) is 0 Å². The van der Waals surface area contributed by atoms with Crippen LogP contribution in [-0.4, -0.2) is 17.0 Å². The number of hydrogen-bond donors (Lipinski definition) is 2. The first-order chi connectivity index (χ1) is 11.6. The minimum absolute atomic E-state index is 0.164. The van der Waals surface area contributed by atoms with Gasteiger partial charge in [0.15, 0.2) is 5.69 Å². The number of hydrogen-bond acceptors (Lipinski definition) is 4. The third kappa shape index (κ3) is 3.49. The number of aromatic nitrogens is 1. The molecule has 0 saturated carbocycles. The van der Waals surface area contributed by atoms with E-state index in [4.69, 9.17) is 0 Å². The summed E-state index contributed by atoms with van der Waals surface area (Å²) in [5, 5.41) is 9.14. The smallest absolute Gasteiger partial charge is 0.277 e. The van der Waals surface area contributed by atoms with Crippen molar-refractivity contribution in [3.63, 3.8) is 0 Å². The molecular weight excluding hydrogens is 306 g/mol. The highest BCUT2D eigenvalue weighted by atomic mass is 16.5. The zero-order chi connectivity index (χ0) is 16.9. The molecule has 24 heavy (non-hydrogen) atoms. The topological polar surface area (TPSA) is 84.2 Å². The standard InChI is InChI=1S/C18H15N3O3/c1-12-7-8-14(19-17(22)13-5-3-2-4-6-13)16(11-12)20-18(23)15-9-10-24-21-15/h2-11H,1H3,(H,19,22)(H,20,23). The van der Waals surface area contributed by atoms with Crippen LogP contribution in [-0.2, 0) is 0 Å². The lowest BCUT2D eigenvalue weighted by molar-refractivity contribution is 0.101. The first-order valence-corrected chi connectivity index (χ1v) is 7.32. The molecule has 1 aromatic heterocycles. The van der Waals surface area contributed by atoms with Crippen molar-refractivity contribution in [3.8, 4) is 0 Å². The van der Waals surface area contributed by atoms with Gasteiger partial charge >= 0.3 is 0 Å². The highest BCUT2D eigenvalue weighted by molar-refractivity contribution is 6.09. The lowest BCUT2D eigenvalue weighted by Gasteiger charge is -2.12. The number of carbonyl (C=O) groups excluding carboxylic acids is 2. The maximum atomic E-state index is 12.3. The van der Waals surface area contributed by atoms with E-state index < -0.39 is 5.91 Å². The molecule has 0 aliphatic rings. The molecule has 120 valence electrons. The van der Waals surface area contributed by atoms with Gasteiger partial charge in [-0.2, -0.15) is 0 Å². The summed E-state index contributed by atoms with van der Waals surface area (Å²) in [6, 6.07) is 15.7. The SMILES string of the molecule is Cc1ccc(NC(=O)c2ccccc2)c(NC(=O)c2ccon2)c1. The molecule has 0 fully saturated rings. The molecule has 0 saturated heterocycles. The van der Waals surface area contributed by atoms with Crippen molar-refractivity contribution in [2.24, 2.45) is 0 Å².